The van der Waals surface area contributed by atoms with E-state index < -0.39 is 0 Å². The van der Waals surface area contributed by atoms with Crippen molar-refractivity contribution in [1.29, 1.82) is 0 Å². The number of pyridine rings is 3. The van der Waals surface area contributed by atoms with Crippen LogP contribution in [0.15, 0.2) is 476 Å². The molecule has 17 aromatic carbocycles. The Morgan fingerprint density at radius 2 is 0.489 bits per heavy atom. The van der Waals surface area contributed by atoms with Gasteiger partial charge in [0.15, 0.2) is 17.5 Å². The van der Waals surface area contributed by atoms with Crippen LogP contribution >= 0.6 is 0 Å². The van der Waals surface area contributed by atoms with E-state index in [2.05, 4.69) is 309 Å². The minimum Gasteiger partial charge on any atom is -0.456 e. The second kappa shape index (κ2) is 35.2. The average Bonchev–Trinajstić information content (AvgIpc) is 1.60. The summed E-state index contributed by atoms with van der Waals surface area (Å²) in [6, 6.07) is 158. The van der Waals surface area contributed by atoms with Crippen LogP contribution in [0.1, 0.15) is 25.0 Å². The summed E-state index contributed by atoms with van der Waals surface area (Å²) >= 11 is 0. The smallest absolute Gasteiger partial charge is 0.179 e. The van der Waals surface area contributed by atoms with Crippen LogP contribution in [0.25, 0.3) is 245 Å². The molecule has 0 saturated carbocycles. The first kappa shape index (κ1) is 82.0. The molecule has 0 spiro atoms. The summed E-state index contributed by atoms with van der Waals surface area (Å²) in [4.78, 5) is 44.1. The first-order valence-corrected chi connectivity index (χ1v) is 46.1. The van der Waals surface area contributed by atoms with E-state index >= 15 is 0 Å². The summed E-state index contributed by atoms with van der Waals surface area (Å²) in [6.45, 7) is 4.67. The van der Waals surface area contributed by atoms with Crippen LogP contribution in [0.5, 0.6) is 0 Å². The van der Waals surface area contributed by atoms with Gasteiger partial charge < -0.3 is 8.83 Å². The Morgan fingerprint density at radius 3 is 1.05 bits per heavy atom. The van der Waals surface area contributed by atoms with Gasteiger partial charge in [-0.25, -0.2) is 34.9 Å². The van der Waals surface area contributed by atoms with E-state index in [1.54, 1.807) is 12.4 Å². The fourth-order valence-corrected chi connectivity index (χ4v) is 19.3. The minimum atomic E-state index is -0.0304. The molecule has 1 aliphatic rings. The molecule has 644 valence electrons. The van der Waals surface area contributed by atoms with Crippen LogP contribution in [-0.2, 0) is 5.41 Å². The van der Waals surface area contributed by atoms with Crippen LogP contribution in [0.2, 0.25) is 0 Å². The van der Waals surface area contributed by atoms with Crippen LogP contribution in [0.4, 0.5) is 0 Å². The number of fused-ring (bicyclic) bond motifs is 15. The topological polar surface area (TPSA) is 142 Å². The number of hydrogen-bond donors (Lipinski definition) is 0. The summed E-state index contributed by atoms with van der Waals surface area (Å²) in [5.74, 6) is 1.94. The predicted octanol–water partition coefficient (Wildman–Crippen LogP) is 32.5. The Bertz CT molecular complexity index is 8660. The van der Waals surface area contributed by atoms with Gasteiger partial charge in [0.2, 0.25) is 0 Å². The third-order valence-corrected chi connectivity index (χ3v) is 26.2. The van der Waals surface area contributed by atoms with Crippen molar-refractivity contribution >= 4 is 76.2 Å². The molecule has 0 bridgehead atoms. The van der Waals surface area contributed by atoms with E-state index in [-0.39, 0.29) is 5.41 Å². The van der Waals surface area contributed by atoms with Gasteiger partial charge in [-0.05, 0) is 220 Å². The molecule has 0 unspecified atom stereocenters. The molecule has 1 aliphatic carbocycles. The minimum absolute atomic E-state index is 0.0304. The summed E-state index contributed by atoms with van der Waals surface area (Å²) in [5.41, 5.74) is 33.4. The summed E-state index contributed by atoms with van der Waals surface area (Å²) in [6.07, 6.45) is 3.55. The quantitative estimate of drug-likeness (QED) is 0.0960. The maximum Gasteiger partial charge on any atom is 0.179 e. The second-order valence-corrected chi connectivity index (χ2v) is 35.0. The number of hydrogen-bond acceptors (Lipinski definition) is 11. The molecular weight excluding hydrogens is 1670 g/mol. The van der Waals surface area contributed by atoms with E-state index in [0.717, 1.165) is 168 Å². The standard InChI is InChI=1S/C48H35N3.C46H28N2O2.C32H20N4/c1-48(2)41-20-10-9-19-39(41)40-28-27-38(30-42(40)48)37-18-11-17-36(29-37)32-23-25-34(26-24-32)45-31-46(51-47(50-45)35-15-7-4-8-16-35)44-22-12-21-43(49-44)33-13-5-3-6-14-33;1-2-10-29(11-3-1)46-47-40(34-14-8-12-30(24-34)32-20-22-38-36-16-4-6-18-42(36)49-44(38)26-32)28-41(48-46)35-15-9-13-31(25-35)33-21-23-39-37-17-5-7-19-43(37)50-45(39)27-33;1-2-11-24-22(9-1)23-10-3-4-12-25(23)27-19-21(15-16-26(24)27)30-20-31(28-13-5-7-17-33-28)36-32(35-30)29-14-6-8-18-34-29/h3-31H,1-2H3;1-28H;1-20H. The van der Waals surface area contributed by atoms with Crippen molar-refractivity contribution in [1.82, 2.24) is 44.9 Å². The Balaban J connectivity index is 0.000000114. The van der Waals surface area contributed by atoms with Crippen LogP contribution < -0.4 is 0 Å². The molecular formula is C126H83N9O2. The Hall–Kier alpha value is -18.2. The van der Waals surface area contributed by atoms with Gasteiger partial charge in [0.05, 0.1) is 51.2 Å². The highest BCUT2D eigenvalue weighted by atomic mass is 16.3. The lowest BCUT2D eigenvalue weighted by Crippen LogP contribution is -2.14. The highest BCUT2D eigenvalue weighted by Crippen LogP contribution is 2.51. The number of nitrogens with zero attached hydrogens (tertiary/aromatic N) is 9. The molecule has 0 aliphatic heterocycles. The molecule has 25 aromatic rings. The third-order valence-electron chi connectivity index (χ3n) is 26.2. The van der Waals surface area contributed by atoms with Crippen LogP contribution in [-0.4, -0.2) is 44.9 Å². The number of rotatable bonds is 14. The SMILES string of the molecule is CC1(C)c2ccccc2-c2ccc(-c3cccc(-c4ccc(-c5cc(-c6cccc(-c7ccccc7)n6)nc(-c6ccccc6)n5)cc4)c3)cc21.c1ccc(-c2cc(-c3ccc4c5ccccc5c5ccccc5c4c3)nc(-c3ccccn3)n2)nc1.c1ccc(-c2nc(-c3cccc(-c4ccc5c(c4)oc4ccccc45)c3)cc(-c3cccc(-c4ccc5c(c4)oc4ccccc45)c3)n2)cc1. The Kier molecular flexibility index (Phi) is 21.0. The largest absolute Gasteiger partial charge is 0.456 e. The van der Waals surface area contributed by atoms with E-state index in [0.29, 0.717) is 17.5 Å². The van der Waals surface area contributed by atoms with Crippen molar-refractivity contribution in [3.8, 4) is 169 Å². The van der Waals surface area contributed by atoms with Crippen molar-refractivity contribution in [3.63, 3.8) is 0 Å². The maximum absolute atomic E-state index is 6.21. The van der Waals surface area contributed by atoms with Crippen molar-refractivity contribution in [3.05, 3.63) is 478 Å². The lowest BCUT2D eigenvalue weighted by molar-refractivity contribution is 0.660. The van der Waals surface area contributed by atoms with Gasteiger partial charge in [-0.3, -0.25) is 9.97 Å². The molecule has 137 heavy (non-hydrogen) atoms. The molecule has 11 heteroatoms. The number of para-hydroxylation sites is 2. The van der Waals surface area contributed by atoms with E-state index in [4.69, 9.17) is 43.7 Å². The van der Waals surface area contributed by atoms with Gasteiger partial charge in [-0.15, -0.1) is 0 Å². The zero-order valence-corrected chi connectivity index (χ0v) is 74.8. The summed E-state index contributed by atoms with van der Waals surface area (Å²) < 4.78 is 12.4. The molecule has 0 amide bonds. The Labute approximate surface area is 791 Å². The second-order valence-electron chi connectivity index (χ2n) is 35.0. The van der Waals surface area contributed by atoms with Crippen LogP contribution in [0.3, 0.4) is 0 Å². The first-order chi connectivity index (χ1) is 67.6. The molecule has 0 N–H and O–H groups in total. The average molecular weight is 1760 g/mol. The van der Waals surface area contributed by atoms with Crippen molar-refractivity contribution in [2.75, 3.05) is 0 Å². The molecule has 8 aromatic heterocycles. The van der Waals surface area contributed by atoms with E-state index in [1.807, 2.05) is 170 Å². The number of benzene rings is 17. The normalized spacial score (nSPS) is 11.9. The summed E-state index contributed by atoms with van der Waals surface area (Å²) in [7, 11) is 0. The molecule has 0 atom stereocenters. The highest BCUT2D eigenvalue weighted by Gasteiger charge is 2.35. The molecule has 8 heterocycles. The zero-order valence-electron chi connectivity index (χ0n) is 74.8. The molecule has 26 rings (SSSR count). The fourth-order valence-electron chi connectivity index (χ4n) is 19.3. The predicted molar refractivity (Wildman–Crippen MR) is 560 cm³/mol. The molecule has 0 saturated heterocycles. The van der Waals surface area contributed by atoms with Crippen molar-refractivity contribution < 1.29 is 8.83 Å². The van der Waals surface area contributed by atoms with Gasteiger partial charge >= 0.3 is 0 Å². The monoisotopic (exact) mass is 1750 g/mol. The fraction of sp³-hybridized carbons (Fsp3) is 0.0238. The van der Waals surface area contributed by atoms with Gasteiger partial charge in [0.25, 0.3) is 0 Å². The highest BCUT2D eigenvalue weighted by molar-refractivity contribution is 6.26. The molecule has 0 fully saturated rings. The van der Waals surface area contributed by atoms with E-state index in [1.165, 1.54) is 71.3 Å². The third kappa shape index (κ3) is 15.9. The number of furan rings is 2. The maximum atomic E-state index is 6.21. The first-order valence-electron chi connectivity index (χ1n) is 46.1. The number of aromatic nitrogens is 9. The van der Waals surface area contributed by atoms with Gasteiger partial charge in [-0.1, -0.05) is 347 Å². The molecule has 11 nitrogen and oxygen atoms in total. The van der Waals surface area contributed by atoms with Gasteiger partial charge in [0.1, 0.15) is 28.0 Å². The van der Waals surface area contributed by atoms with Crippen molar-refractivity contribution in [2.24, 2.45) is 0 Å². The van der Waals surface area contributed by atoms with Crippen molar-refractivity contribution in [2.45, 2.75) is 19.3 Å². The zero-order chi connectivity index (χ0) is 91.3. The lowest BCUT2D eigenvalue weighted by atomic mass is 9.81. The Morgan fingerprint density at radius 1 is 0.161 bits per heavy atom. The van der Waals surface area contributed by atoms with Gasteiger partial charge in [0, 0.05) is 78.3 Å². The lowest BCUT2D eigenvalue weighted by Gasteiger charge is -2.22. The van der Waals surface area contributed by atoms with Crippen LogP contribution in [0, 0.1) is 0 Å². The van der Waals surface area contributed by atoms with E-state index in [9.17, 15) is 0 Å². The van der Waals surface area contributed by atoms with Gasteiger partial charge in [-0.2, -0.15) is 0 Å². The molecule has 0 radical (unpaired) electrons. The summed E-state index contributed by atoms with van der Waals surface area (Å²) in [5, 5.41) is 11.9.